The van der Waals surface area contributed by atoms with E-state index >= 15 is 0 Å². The van der Waals surface area contributed by atoms with Crippen LogP contribution in [-0.4, -0.2) is 24.1 Å². The van der Waals surface area contributed by atoms with Crippen LogP contribution in [0.1, 0.15) is 12.8 Å². The number of hydrogen-bond acceptors (Lipinski definition) is 4. The molecule has 1 aromatic heterocycles. The molecule has 0 spiro atoms. The van der Waals surface area contributed by atoms with Crippen LogP contribution in [0.4, 0.5) is 5.82 Å². The van der Waals surface area contributed by atoms with Gasteiger partial charge in [0.1, 0.15) is 0 Å². The number of aromatic nitrogens is 2. The summed E-state index contributed by atoms with van der Waals surface area (Å²) in [5.74, 6) is 1.23. The summed E-state index contributed by atoms with van der Waals surface area (Å²) in [6.45, 7) is 0. The molecule has 0 saturated heterocycles. The van der Waals surface area contributed by atoms with Crippen molar-refractivity contribution in [2.45, 2.75) is 12.8 Å². The summed E-state index contributed by atoms with van der Waals surface area (Å²) in [4.78, 5) is 10.0. The maximum absolute atomic E-state index is 5.94. The van der Waals surface area contributed by atoms with Gasteiger partial charge < -0.3 is 9.64 Å². The topological polar surface area (TPSA) is 38.3 Å². The maximum Gasteiger partial charge on any atom is 0.224 e. The van der Waals surface area contributed by atoms with Gasteiger partial charge in [-0.1, -0.05) is 11.6 Å². The summed E-state index contributed by atoms with van der Waals surface area (Å²) >= 11 is 11.8. The van der Waals surface area contributed by atoms with Crippen LogP contribution >= 0.6 is 23.2 Å². The molecule has 0 radical (unpaired) electrons. The number of nitrogens with zero attached hydrogens (tertiary/aromatic N) is 3. The van der Waals surface area contributed by atoms with Crippen LogP contribution in [0.3, 0.4) is 0 Å². The third kappa shape index (κ3) is 2.76. The van der Waals surface area contributed by atoms with E-state index in [0.717, 1.165) is 23.6 Å². The lowest BCUT2D eigenvalue weighted by Gasteiger charge is -2.24. The van der Waals surface area contributed by atoms with Crippen molar-refractivity contribution >= 4 is 29.0 Å². The number of ether oxygens (including phenoxy) is 1. The van der Waals surface area contributed by atoms with E-state index in [9.17, 15) is 0 Å². The molecule has 2 rings (SSSR count). The second kappa shape index (κ2) is 5.59. The quantitative estimate of drug-likeness (QED) is 0.798. The summed E-state index contributed by atoms with van der Waals surface area (Å²) < 4.78 is 5.24. The lowest BCUT2D eigenvalue weighted by atomic mass is 10.1. The third-order valence-electron chi connectivity index (χ3n) is 2.75. The Bertz CT molecular complexity index is 514. The van der Waals surface area contributed by atoms with Crippen LogP contribution in [0.15, 0.2) is 29.1 Å². The summed E-state index contributed by atoms with van der Waals surface area (Å²) in [5.41, 5.74) is 1.10. The molecule has 1 aliphatic rings. The molecule has 96 valence electrons. The third-order valence-corrected chi connectivity index (χ3v) is 3.25. The van der Waals surface area contributed by atoms with Gasteiger partial charge in [-0.15, -0.1) is 0 Å². The van der Waals surface area contributed by atoms with Crippen molar-refractivity contribution in [3.8, 4) is 5.75 Å². The van der Waals surface area contributed by atoms with E-state index in [1.165, 1.54) is 0 Å². The molecule has 0 saturated carbocycles. The standard InChI is InChI=1S/C12H13Cl2N3O/c1-17(9-5-3-8(13)4-6-9)11-10(18-2)7-15-12(14)16-11/h3,5,7H,4,6H2,1-2H3. The van der Waals surface area contributed by atoms with Gasteiger partial charge in [-0.05, 0) is 36.6 Å². The van der Waals surface area contributed by atoms with E-state index < -0.39 is 0 Å². The predicted molar refractivity (Wildman–Crippen MR) is 73.3 cm³/mol. The van der Waals surface area contributed by atoms with Gasteiger partial charge in [-0.3, -0.25) is 0 Å². The molecule has 1 aromatic rings. The molecule has 0 aliphatic heterocycles. The number of anilines is 1. The minimum atomic E-state index is 0.197. The Kier molecular flexibility index (Phi) is 4.09. The molecule has 0 fully saturated rings. The molecule has 0 bridgehead atoms. The largest absolute Gasteiger partial charge is 0.491 e. The highest BCUT2D eigenvalue weighted by atomic mass is 35.5. The number of rotatable bonds is 3. The highest BCUT2D eigenvalue weighted by Gasteiger charge is 2.16. The first-order valence-electron chi connectivity index (χ1n) is 5.47. The van der Waals surface area contributed by atoms with Gasteiger partial charge in [-0.25, -0.2) is 4.98 Å². The van der Waals surface area contributed by atoms with Crippen molar-refractivity contribution < 1.29 is 4.74 Å². The Morgan fingerprint density at radius 3 is 2.67 bits per heavy atom. The van der Waals surface area contributed by atoms with Crippen LogP contribution in [0.2, 0.25) is 5.28 Å². The Morgan fingerprint density at radius 1 is 1.28 bits per heavy atom. The maximum atomic E-state index is 5.94. The molecule has 6 heteroatoms. The highest BCUT2D eigenvalue weighted by Crippen LogP contribution is 2.31. The average Bonchev–Trinajstić information content (AvgIpc) is 2.39. The van der Waals surface area contributed by atoms with E-state index in [1.807, 2.05) is 24.1 Å². The molecular weight excluding hydrogens is 273 g/mol. The van der Waals surface area contributed by atoms with Crippen molar-refractivity contribution in [1.82, 2.24) is 9.97 Å². The zero-order chi connectivity index (χ0) is 13.1. The van der Waals surface area contributed by atoms with Crippen molar-refractivity contribution in [2.75, 3.05) is 19.1 Å². The molecule has 0 N–H and O–H groups in total. The van der Waals surface area contributed by atoms with Gasteiger partial charge in [0.05, 0.1) is 13.3 Å². The summed E-state index contributed by atoms with van der Waals surface area (Å²) in [5, 5.41) is 1.06. The molecule has 0 atom stereocenters. The van der Waals surface area contributed by atoms with Gasteiger partial charge in [0.2, 0.25) is 5.28 Å². The van der Waals surface area contributed by atoms with Crippen molar-refractivity contribution in [3.63, 3.8) is 0 Å². The average molecular weight is 286 g/mol. The Balaban J connectivity index is 2.34. The predicted octanol–water partition coefficient (Wildman–Crippen LogP) is 3.38. The van der Waals surface area contributed by atoms with Crippen LogP contribution in [0, 0.1) is 0 Å². The van der Waals surface area contributed by atoms with Crippen molar-refractivity contribution in [3.05, 3.63) is 34.4 Å². The summed E-state index contributed by atoms with van der Waals surface area (Å²) in [6.07, 6.45) is 7.12. The minimum absolute atomic E-state index is 0.197. The molecule has 4 nitrogen and oxygen atoms in total. The molecule has 0 unspecified atom stereocenters. The van der Waals surface area contributed by atoms with Crippen molar-refractivity contribution in [1.29, 1.82) is 0 Å². The second-order valence-corrected chi connectivity index (χ2v) is 4.69. The van der Waals surface area contributed by atoms with Gasteiger partial charge in [-0.2, -0.15) is 4.98 Å². The lowest BCUT2D eigenvalue weighted by Crippen LogP contribution is -2.19. The summed E-state index contributed by atoms with van der Waals surface area (Å²) in [6, 6.07) is 0. The summed E-state index contributed by atoms with van der Waals surface area (Å²) in [7, 11) is 3.50. The van der Waals surface area contributed by atoms with Gasteiger partial charge in [0.25, 0.3) is 0 Å². The molecule has 18 heavy (non-hydrogen) atoms. The fourth-order valence-electron chi connectivity index (χ4n) is 1.74. The number of hydrogen-bond donors (Lipinski definition) is 0. The van der Waals surface area contributed by atoms with Crippen LogP contribution in [0.25, 0.3) is 0 Å². The number of methoxy groups -OCH3 is 1. The Hall–Kier alpha value is -1.26. The zero-order valence-corrected chi connectivity index (χ0v) is 11.7. The molecular formula is C12H13Cl2N3O. The minimum Gasteiger partial charge on any atom is -0.491 e. The first kappa shape index (κ1) is 13.2. The van der Waals surface area contributed by atoms with Crippen molar-refractivity contribution in [2.24, 2.45) is 0 Å². The first-order chi connectivity index (χ1) is 8.61. The van der Waals surface area contributed by atoms with Crippen LogP contribution in [-0.2, 0) is 0 Å². The van der Waals surface area contributed by atoms with Gasteiger partial charge in [0, 0.05) is 17.8 Å². The molecule has 1 aliphatic carbocycles. The van der Waals surface area contributed by atoms with Crippen LogP contribution < -0.4 is 9.64 Å². The SMILES string of the molecule is COc1cnc(Cl)nc1N(C)C1=CC=C(Cl)CC1. The van der Waals surface area contributed by atoms with E-state index in [1.54, 1.807) is 13.3 Å². The fourth-order valence-corrected chi connectivity index (χ4v) is 2.03. The molecule has 0 amide bonds. The van der Waals surface area contributed by atoms with E-state index in [2.05, 4.69) is 9.97 Å². The fraction of sp³-hybridized carbons (Fsp3) is 0.333. The zero-order valence-electron chi connectivity index (χ0n) is 10.2. The first-order valence-corrected chi connectivity index (χ1v) is 6.23. The number of allylic oxidation sites excluding steroid dienone is 4. The molecule has 1 heterocycles. The Morgan fingerprint density at radius 2 is 2.06 bits per heavy atom. The number of halogens is 2. The normalized spacial score (nSPS) is 14.9. The monoisotopic (exact) mass is 285 g/mol. The molecule has 0 aromatic carbocycles. The smallest absolute Gasteiger partial charge is 0.224 e. The van der Waals surface area contributed by atoms with Gasteiger partial charge in [0.15, 0.2) is 11.6 Å². The van der Waals surface area contributed by atoms with Gasteiger partial charge >= 0.3 is 0 Å². The van der Waals surface area contributed by atoms with E-state index in [0.29, 0.717) is 11.6 Å². The highest BCUT2D eigenvalue weighted by molar-refractivity contribution is 6.29. The van der Waals surface area contributed by atoms with Crippen LogP contribution in [0.5, 0.6) is 5.75 Å². The lowest BCUT2D eigenvalue weighted by molar-refractivity contribution is 0.411. The van der Waals surface area contributed by atoms with E-state index in [-0.39, 0.29) is 5.28 Å². The van der Waals surface area contributed by atoms with E-state index in [4.69, 9.17) is 27.9 Å². The second-order valence-electron chi connectivity index (χ2n) is 3.86. The Labute approximate surface area is 116 Å².